The van der Waals surface area contributed by atoms with Crippen LogP contribution < -0.4 is 5.01 Å². The van der Waals surface area contributed by atoms with Crippen molar-refractivity contribution >= 4 is 49.6 Å². The van der Waals surface area contributed by atoms with Crippen LogP contribution >= 0.6 is 0 Å². The molecular formula is C22H18N4O10S2. The molecule has 0 spiro atoms. The smallest absolute Gasteiger partial charge is 0.352 e. The fraction of sp³-hybridized carbons (Fsp3) is 0.0909. The van der Waals surface area contributed by atoms with E-state index in [0.29, 0.717) is 0 Å². The Morgan fingerprint density at radius 3 is 1.95 bits per heavy atom. The van der Waals surface area contributed by atoms with Crippen molar-refractivity contribution in [1.82, 2.24) is 9.78 Å². The van der Waals surface area contributed by atoms with E-state index in [4.69, 9.17) is 9.11 Å². The van der Waals surface area contributed by atoms with Gasteiger partial charge in [-0.3, -0.25) is 13.9 Å². The average Bonchev–Trinajstić information content (AvgIpc) is 3.38. The highest BCUT2D eigenvalue weighted by Gasteiger charge is 2.39. The molecule has 1 unspecified atom stereocenters. The number of carboxylic acids is 1. The third-order valence-corrected chi connectivity index (χ3v) is 7.20. The minimum absolute atomic E-state index is 0.0894. The van der Waals surface area contributed by atoms with Crippen LogP contribution in [0.3, 0.4) is 0 Å². The summed E-state index contributed by atoms with van der Waals surface area (Å²) >= 11 is 0. The number of rotatable bonds is 8. The van der Waals surface area contributed by atoms with Gasteiger partial charge in [0.1, 0.15) is 0 Å². The molecule has 38 heavy (non-hydrogen) atoms. The Kier molecular flexibility index (Phi) is 6.90. The van der Waals surface area contributed by atoms with Crippen LogP contribution in [0.25, 0.3) is 11.8 Å². The molecule has 0 radical (unpaired) electrons. The number of aromatic nitrogens is 2. The summed E-state index contributed by atoms with van der Waals surface area (Å²) in [6, 6.07) is 9.34. The van der Waals surface area contributed by atoms with E-state index in [9.17, 15) is 36.6 Å². The largest absolute Gasteiger partial charge is 0.493 e. The highest BCUT2D eigenvalue weighted by atomic mass is 32.2. The van der Waals surface area contributed by atoms with Crippen LogP contribution in [0.15, 0.2) is 75.7 Å². The normalized spacial score (nSPS) is 16.3. The van der Waals surface area contributed by atoms with Crippen LogP contribution in [-0.4, -0.2) is 63.5 Å². The maximum atomic E-state index is 12.9. The Balaban J connectivity index is 1.52. The molecule has 16 heteroatoms. The summed E-state index contributed by atoms with van der Waals surface area (Å²) in [7, 11) is -8.85. The van der Waals surface area contributed by atoms with Gasteiger partial charge in [0.05, 0.1) is 38.8 Å². The molecule has 2 heterocycles. The lowest BCUT2D eigenvalue weighted by Gasteiger charge is -2.13. The molecule has 0 saturated heterocycles. The molecule has 2 aromatic carbocycles. The van der Waals surface area contributed by atoms with E-state index in [1.54, 1.807) is 0 Å². The highest BCUT2D eigenvalue weighted by molar-refractivity contribution is 7.86. The number of carbonyl (C=O) groups is 2. The van der Waals surface area contributed by atoms with Gasteiger partial charge in [-0.1, -0.05) is 12.2 Å². The predicted octanol–water partition coefficient (Wildman–Crippen LogP) is 1.58. The van der Waals surface area contributed by atoms with Crippen molar-refractivity contribution in [1.29, 1.82) is 0 Å². The second kappa shape index (κ2) is 9.82. The molecule has 198 valence electrons. The molecular weight excluding hydrogens is 544 g/mol. The fourth-order valence-electron chi connectivity index (χ4n) is 3.59. The summed E-state index contributed by atoms with van der Waals surface area (Å²) in [4.78, 5) is 23.9. The van der Waals surface area contributed by atoms with Gasteiger partial charge in [0, 0.05) is 0 Å². The molecule has 0 saturated carbocycles. The number of hydrogen-bond donors (Lipinski definition) is 4. The minimum Gasteiger partial charge on any atom is -0.493 e. The molecule has 14 nitrogen and oxygen atoms in total. The van der Waals surface area contributed by atoms with Crippen LogP contribution in [0.5, 0.6) is 5.88 Å². The monoisotopic (exact) mass is 562 g/mol. The van der Waals surface area contributed by atoms with Crippen molar-refractivity contribution in [3.63, 3.8) is 0 Å². The van der Waals surface area contributed by atoms with Crippen LogP contribution in [0.1, 0.15) is 12.0 Å². The summed E-state index contributed by atoms with van der Waals surface area (Å²) in [5.41, 5.74) is 0.140. The summed E-state index contributed by atoms with van der Waals surface area (Å²) in [5.74, 6) is -3.63. The Bertz CT molecular complexity index is 1690. The molecule has 1 atom stereocenters. The van der Waals surface area contributed by atoms with Gasteiger partial charge in [-0.15, -0.1) is 0 Å². The second-order valence-corrected chi connectivity index (χ2v) is 10.7. The molecule has 4 rings (SSSR count). The van der Waals surface area contributed by atoms with E-state index in [0.717, 1.165) is 34.0 Å². The predicted molar refractivity (Wildman–Crippen MR) is 131 cm³/mol. The first-order chi connectivity index (χ1) is 17.8. The summed E-state index contributed by atoms with van der Waals surface area (Å²) in [5, 5.41) is 28.7. The zero-order valence-corrected chi connectivity index (χ0v) is 20.6. The molecule has 3 aromatic rings. The Morgan fingerprint density at radius 1 is 0.921 bits per heavy atom. The van der Waals surface area contributed by atoms with E-state index >= 15 is 0 Å². The van der Waals surface area contributed by atoms with Gasteiger partial charge < -0.3 is 10.2 Å². The lowest BCUT2D eigenvalue weighted by Crippen LogP contribution is -2.29. The van der Waals surface area contributed by atoms with Crippen molar-refractivity contribution in [2.75, 3.05) is 5.01 Å². The molecule has 0 bridgehead atoms. The summed E-state index contributed by atoms with van der Waals surface area (Å²) < 4.78 is 64.1. The Hall–Kier alpha value is -4.38. The molecule has 0 aliphatic carbocycles. The van der Waals surface area contributed by atoms with Crippen molar-refractivity contribution < 1.29 is 45.7 Å². The molecule has 1 amide bonds. The summed E-state index contributed by atoms with van der Waals surface area (Å²) in [6.07, 6.45) is 4.02. The third kappa shape index (κ3) is 5.32. The van der Waals surface area contributed by atoms with Gasteiger partial charge in [0.15, 0.2) is 5.71 Å². The van der Waals surface area contributed by atoms with Crippen molar-refractivity contribution in [3.05, 3.63) is 66.4 Å². The van der Waals surface area contributed by atoms with Crippen LogP contribution in [-0.2, 0) is 29.8 Å². The number of anilines is 1. The number of carboxylic acid groups (broad SMARTS) is 1. The van der Waals surface area contributed by atoms with Gasteiger partial charge in [-0.25, -0.2) is 9.48 Å². The van der Waals surface area contributed by atoms with Gasteiger partial charge in [-0.05, 0) is 55.0 Å². The van der Waals surface area contributed by atoms with E-state index in [1.807, 2.05) is 0 Å². The zero-order valence-electron chi connectivity index (χ0n) is 19.0. The maximum absolute atomic E-state index is 12.9. The van der Waals surface area contributed by atoms with Crippen LogP contribution in [0, 0.1) is 5.92 Å². The fourth-order valence-corrected chi connectivity index (χ4v) is 4.55. The third-order valence-electron chi connectivity index (χ3n) is 5.46. The number of nitrogens with zero attached hydrogens (tertiary/aromatic N) is 4. The van der Waals surface area contributed by atoms with Gasteiger partial charge in [0.25, 0.3) is 26.1 Å². The molecule has 1 aliphatic heterocycles. The number of amides is 1. The van der Waals surface area contributed by atoms with Gasteiger partial charge >= 0.3 is 5.97 Å². The number of hydrogen-bond acceptors (Lipinski definition) is 9. The van der Waals surface area contributed by atoms with Gasteiger partial charge in [-0.2, -0.15) is 32.0 Å². The Labute approximate surface area is 215 Å². The summed E-state index contributed by atoms with van der Waals surface area (Å²) in [6.45, 7) is 0. The lowest BCUT2D eigenvalue weighted by atomic mass is 9.98. The second-order valence-electron chi connectivity index (χ2n) is 7.90. The lowest BCUT2D eigenvalue weighted by molar-refractivity contribution is -0.130. The highest BCUT2D eigenvalue weighted by Crippen LogP contribution is 2.28. The number of carbonyl (C=O) groups excluding carboxylic acids is 1. The maximum Gasteiger partial charge on any atom is 0.352 e. The SMILES string of the molecule is O=C(O)C1=NN(c2ccc(S(=O)(=O)O)cc2)C(=O)C1CC=Cc1cnn(-c2ccc(S(=O)(=O)O)cc2)c1O. The molecule has 1 aromatic heterocycles. The van der Waals surface area contributed by atoms with Gasteiger partial charge in [0.2, 0.25) is 5.88 Å². The van der Waals surface area contributed by atoms with Crippen molar-refractivity contribution in [2.45, 2.75) is 16.2 Å². The van der Waals surface area contributed by atoms with E-state index in [-0.39, 0.29) is 34.1 Å². The van der Waals surface area contributed by atoms with Crippen LogP contribution in [0.4, 0.5) is 5.69 Å². The number of aliphatic carboxylic acids is 1. The molecule has 4 N–H and O–H groups in total. The topological polar surface area (TPSA) is 217 Å². The number of aromatic hydroxyl groups is 1. The zero-order chi connectivity index (χ0) is 27.8. The van der Waals surface area contributed by atoms with Crippen molar-refractivity contribution in [2.24, 2.45) is 11.0 Å². The molecule has 0 fully saturated rings. The minimum atomic E-state index is -4.46. The van der Waals surface area contributed by atoms with Crippen LogP contribution in [0.2, 0.25) is 0 Å². The van der Waals surface area contributed by atoms with Crippen molar-refractivity contribution in [3.8, 4) is 11.6 Å². The number of allylic oxidation sites excluding steroid dienone is 1. The Morgan fingerprint density at radius 2 is 1.45 bits per heavy atom. The number of hydrazone groups is 1. The number of benzene rings is 2. The standard InChI is InChI=1S/C22H18N4O10S2/c27-20-13(12-23-25(20)14-4-8-16(9-5-14)37(31,32)33)2-1-3-18-19(22(29)30)24-26(21(18)28)15-6-10-17(11-7-15)38(34,35)36/h1-2,4-12,18,27H,3H2,(H,29,30)(H,31,32,33)(H,34,35,36). The first kappa shape index (κ1) is 26.7. The first-order valence-corrected chi connectivity index (χ1v) is 13.4. The van der Waals surface area contributed by atoms with E-state index in [2.05, 4.69) is 10.2 Å². The molecule has 1 aliphatic rings. The van der Waals surface area contributed by atoms with E-state index in [1.165, 1.54) is 42.6 Å². The average molecular weight is 563 g/mol. The first-order valence-electron chi connectivity index (χ1n) is 10.5. The quantitative estimate of drug-likeness (QED) is 0.289. The van der Waals surface area contributed by atoms with E-state index < -0.39 is 48.6 Å².